The number of sulfone groups is 1. The van der Waals surface area contributed by atoms with Crippen molar-refractivity contribution in [3.05, 3.63) is 83.1 Å². The van der Waals surface area contributed by atoms with E-state index in [4.69, 9.17) is 20.8 Å². The van der Waals surface area contributed by atoms with Crippen LogP contribution < -0.4 is 0 Å². The van der Waals surface area contributed by atoms with E-state index in [9.17, 15) is 13.2 Å². The van der Waals surface area contributed by atoms with Gasteiger partial charge >= 0.3 is 0 Å². The van der Waals surface area contributed by atoms with Crippen molar-refractivity contribution >= 4 is 27.3 Å². The third kappa shape index (κ3) is 5.01. The summed E-state index contributed by atoms with van der Waals surface area (Å²) in [6.45, 7) is 1.40. The summed E-state index contributed by atoms with van der Waals surface area (Å²) in [5.41, 5.74) is 0.902. The van der Waals surface area contributed by atoms with Crippen molar-refractivity contribution < 1.29 is 22.4 Å². The predicted octanol–water partition coefficient (Wildman–Crippen LogP) is 4.59. The molecule has 8 heteroatoms. The zero-order chi connectivity index (χ0) is 21.8. The van der Waals surface area contributed by atoms with Crippen LogP contribution in [0.3, 0.4) is 0 Å². The summed E-state index contributed by atoms with van der Waals surface area (Å²) in [5, 5.41) is 0.355. The molecule has 1 amide bonds. The molecule has 1 atom stereocenters. The normalized spacial score (nSPS) is 16.4. The smallest absolute Gasteiger partial charge is 0.290 e. The highest BCUT2D eigenvalue weighted by atomic mass is 35.5. The molecule has 1 aliphatic heterocycles. The maximum absolute atomic E-state index is 13.2. The summed E-state index contributed by atoms with van der Waals surface area (Å²) in [6.07, 6.45) is 1.77. The lowest BCUT2D eigenvalue weighted by Gasteiger charge is -2.25. The van der Waals surface area contributed by atoms with Gasteiger partial charge in [-0.1, -0.05) is 41.9 Å². The second-order valence-electron chi connectivity index (χ2n) is 7.38. The Morgan fingerprint density at radius 3 is 2.45 bits per heavy atom. The molecule has 162 valence electrons. The quantitative estimate of drug-likeness (QED) is 0.516. The number of hydrogen-bond acceptors (Lipinski definition) is 5. The molecule has 0 radical (unpaired) electrons. The van der Waals surface area contributed by atoms with Crippen LogP contribution in [0.5, 0.6) is 0 Å². The summed E-state index contributed by atoms with van der Waals surface area (Å²) in [7, 11) is -3.84. The van der Waals surface area contributed by atoms with E-state index in [1.54, 1.807) is 35.2 Å². The minimum Gasteiger partial charge on any atom is -0.439 e. The van der Waals surface area contributed by atoms with Crippen LogP contribution >= 0.6 is 11.6 Å². The number of carbonyl (C=O) groups is 1. The van der Waals surface area contributed by atoms with Gasteiger partial charge in [-0.05, 0) is 54.8 Å². The molecule has 31 heavy (non-hydrogen) atoms. The van der Waals surface area contributed by atoms with Crippen molar-refractivity contribution in [2.45, 2.75) is 35.5 Å². The second-order valence-corrected chi connectivity index (χ2v) is 9.70. The van der Waals surface area contributed by atoms with E-state index in [2.05, 4.69) is 0 Å². The van der Waals surface area contributed by atoms with Crippen LogP contribution in [0.25, 0.3) is 0 Å². The Hall–Kier alpha value is -2.61. The molecule has 1 saturated heterocycles. The van der Waals surface area contributed by atoms with Crippen LogP contribution in [0.2, 0.25) is 5.02 Å². The summed E-state index contributed by atoms with van der Waals surface area (Å²) >= 11 is 5.97. The highest BCUT2D eigenvalue weighted by molar-refractivity contribution is 7.91. The van der Waals surface area contributed by atoms with Crippen molar-refractivity contribution in [2.75, 3.05) is 13.2 Å². The Kier molecular flexibility index (Phi) is 6.46. The Bertz CT molecular complexity index is 1140. The first kappa shape index (κ1) is 21.6. The third-order valence-corrected chi connectivity index (χ3v) is 7.03. The van der Waals surface area contributed by atoms with Gasteiger partial charge in [0.15, 0.2) is 5.76 Å². The zero-order valence-electron chi connectivity index (χ0n) is 16.7. The summed E-state index contributed by atoms with van der Waals surface area (Å²) in [5.74, 6) is -0.415. The fourth-order valence-electron chi connectivity index (χ4n) is 3.51. The number of furan rings is 1. The van der Waals surface area contributed by atoms with Gasteiger partial charge in [0.1, 0.15) is 0 Å². The molecule has 2 heterocycles. The lowest BCUT2D eigenvalue weighted by atomic mass is 10.1. The first-order chi connectivity index (χ1) is 14.9. The molecule has 0 bridgehead atoms. The largest absolute Gasteiger partial charge is 0.439 e. The fourth-order valence-corrected chi connectivity index (χ4v) is 4.84. The van der Waals surface area contributed by atoms with Gasteiger partial charge in [-0.15, -0.1) is 0 Å². The van der Waals surface area contributed by atoms with E-state index in [1.165, 1.54) is 24.3 Å². The van der Waals surface area contributed by atoms with Gasteiger partial charge in [-0.3, -0.25) is 4.79 Å². The molecule has 1 aliphatic rings. The number of amides is 1. The van der Waals surface area contributed by atoms with Gasteiger partial charge in [0.05, 0.1) is 11.0 Å². The molecule has 3 aromatic rings. The number of rotatable bonds is 7. The summed E-state index contributed by atoms with van der Waals surface area (Å²) in [6, 6.07) is 17.9. The van der Waals surface area contributed by atoms with Crippen LogP contribution in [-0.4, -0.2) is 38.5 Å². The molecule has 0 aliphatic carbocycles. The first-order valence-electron chi connectivity index (χ1n) is 9.99. The number of ether oxygens (including phenoxy) is 1. The second kappa shape index (κ2) is 9.26. The number of benzene rings is 2. The van der Waals surface area contributed by atoms with Crippen molar-refractivity contribution in [3.63, 3.8) is 0 Å². The molecule has 0 N–H and O–H groups in total. The molecule has 6 nitrogen and oxygen atoms in total. The number of carbonyl (C=O) groups excluding carboxylic acids is 1. The highest BCUT2D eigenvalue weighted by Crippen LogP contribution is 2.24. The Labute approximate surface area is 186 Å². The molecule has 1 unspecified atom stereocenters. The van der Waals surface area contributed by atoms with Crippen LogP contribution in [0.15, 0.2) is 81.1 Å². The van der Waals surface area contributed by atoms with E-state index in [0.29, 0.717) is 24.7 Å². The topological polar surface area (TPSA) is 76.8 Å². The molecule has 2 aromatic carbocycles. The van der Waals surface area contributed by atoms with Gasteiger partial charge in [-0.25, -0.2) is 8.42 Å². The minimum atomic E-state index is -3.84. The average molecular weight is 460 g/mol. The standard InChI is InChI=1S/C23H22ClNO5S/c24-18-10-8-17(9-11-18)15-25(16-19-5-4-14-29-19)23(26)21-12-13-22(30-21)31(27,28)20-6-2-1-3-7-20/h1-3,6-13,19H,4-5,14-16H2. The van der Waals surface area contributed by atoms with Gasteiger partial charge in [0.2, 0.25) is 14.9 Å². The van der Waals surface area contributed by atoms with E-state index >= 15 is 0 Å². The minimum absolute atomic E-state index is 0.0264. The average Bonchev–Trinajstić information content (AvgIpc) is 3.47. The summed E-state index contributed by atoms with van der Waals surface area (Å²) in [4.78, 5) is 15.0. The van der Waals surface area contributed by atoms with Crippen molar-refractivity contribution in [1.29, 1.82) is 0 Å². The maximum atomic E-state index is 13.2. The molecule has 4 rings (SSSR count). The molecule has 1 aromatic heterocycles. The van der Waals surface area contributed by atoms with E-state index in [-0.39, 0.29) is 27.8 Å². The third-order valence-electron chi connectivity index (χ3n) is 5.13. The Balaban J connectivity index is 1.58. The number of halogens is 1. The molecule has 0 saturated carbocycles. The van der Waals surface area contributed by atoms with Crippen LogP contribution in [-0.2, 0) is 21.1 Å². The number of nitrogens with zero attached hydrogens (tertiary/aromatic N) is 1. The van der Waals surface area contributed by atoms with Gasteiger partial charge < -0.3 is 14.1 Å². The number of hydrogen-bond donors (Lipinski definition) is 0. The summed E-state index contributed by atoms with van der Waals surface area (Å²) < 4.78 is 36.8. The monoisotopic (exact) mass is 459 g/mol. The van der Waals surface area contributed by atoms with E-state index in [1.807, 2.05) is 12.1 Å². The molecule has 0 spiro atoms. The van der Waals surface area contributed by atoms with E-state index in [0.717, 1.165) is 18.4 Å². The van der Waals surface area contributed by atoms with Crippen molar-refractivity contribution in [3.8, 4) is 0 Å². The van der Waals surface area contributed by atoms with Crippen molar-refractivity contribution in [1.82, 2.24) is 4.90 Å². The lowest BCUT2D eigenvalue weighted by Crippen LogP contribution is -2.36. The van der Waals surface area contributed by atoms with Crippen LogP contribution in [0, 0.1) is 0 Å². The van der Waals surface area contributed by atoms with Crippen LogP contribution in [0.1, 0.15) is 29.0 Å². The predicted molar refractivity (Wildman–Crippen MR) is 116 cm³/mol. The first-order valence-corrected chi connectivity index (χ1v) is 11.8. The van der Waals surface area contributed by atoms with E-state index < -0.39 is 9.84 Å². The Morgan fingerprint density at radius 1 is 1.03 bits per heavy atom. The zero-order valence-corrected chi connectivity index (χ0v) is 18.3. The molecule has 1 fully saturated rings. The van der Waals surface area contributed by atoms with Gasteiger partial charge in [-0.2, -0.15) is 0 Å². The lowest BCUT2D eigenvalue weighted by molar-refractivity contribution is 0.0480. The maximum Gasteiger partial charge on any atom is 0.290 e. The van der Waals surface area contributed by atoms with Crippen molar-refractivity contribution in [2.24, 2.45) is 0 Å². The SMILES string of the molecule is O=C(c1ccc(S(=O)(=O)c2ccccc2)o1)N(Cc1ccc(Cl)cc1)CC1CCCO1. The molecular formula is C23H22ClNO5S. The highest BCUT2D eigenvalue weighted by Gasteiger charge is 2.28. The van der Waals surface area contributed by atoms with Crippen LogP contribution in [0.4, 0.5) is 0 Å². The van der Waals surface area contributed by atoms with Gasteiger partial charge in [0.25, 0.3) is 5.91 Å². The Morgan fingerprint density at radius 2 is 1.77 bits per heavy atom. The molecular weight excluding hydrogens is 438 g/mol. The fraction of sp³-hybridized carbons (Fsp3) is 0.261. The van der Waals surface area contributed by atoms with Gasteiger partial charge in [0, 0.05) is 24.7 Å².